The standard InChI is InChI=1S/C17H26N4O2/c1-11-7-6-8-18-13(11)20-15(23)14(22)19-12-9-16(2,3)21-17(4,5)10-12/h6-8,12,21H,9-10H2,1-5H3,(H,19,22)(H,18,20,23). The number of anilines is 1. The van der Waals surface area contributed by atoms with Crippen LogP contribution in [-0.4, -0.2) is 33.9 Å². The predicted molar refractivity (Wildman–Crippen MR) is 90.1 cm³/mol. The first-order chi connectivity index (χ1) is 10.6. The van der Waals surface area contributed by atoms with Crippen molar-refractivity contribution in [2.24, 2.45) is 0 Å². The maximum Gasteiger partial charge on any atom is 0.314 e. The maximum absolute atomic E-state index is 12.2. The fraction of sp³-hybridized carbons (Fsp3) is 0.588. The minimum absolute atomic E-state index is 0.0377. The molecule has 1 fully saturated rings. The summed E-state index contributed by atoms with van der Waals surface area (Å²) in [5.41, 5.74) is 0.638. The third kappa shape index (κ3) is 4.76. The van der Waals surface area contributed by atoms with Gasteiger partial charge >= 0.3 is 11.8 Å². The summed E-state index contributed by atoms with van der Waals surface area (Å²) in [4.78, 5) is 28.3. The largest absolute Gasteiger partial charge is 0.345 e. The van der Waals surface area contributed by atoms with E-state index in [0.29, 0.717) is 5.82 Å². The summed E-state index contributed by atoms with van der Waals surface area (Å²) in [7, 11) is 0. The molecule has 0 unspecified atom stereocenters. The Bertz CT molecular complexity index is 594. The molecule has 0 aliphatic carbocycles. The third-order valence-electron chi connectivity index (χ3n) is 3.97. The number of carbonyl (C=O) groups excluding carboxylic acids is 2. The van der Waals surface area contributed by atoms with E-state index in [1.807, 2.05) is 13.0 Å². The van der Waals surface area contributed by atoms with Crippen molar-refractivity contribution in [3.8, 4) is 0 Å². The minimum Gasteiger partial charge on any atom is -0.345 e. The van der Waals surface area contributed by atoms with E-state index in [1.54, 1.807) is 12.3 Å². The highest BCUT2D eigenvalue weighted by molar-refractivity contribution is 6.39. The molecule has 126 valence electrons. The molecule has 2 heterocycles. The molecule has 0 spiro atoms. The summed E-state index contributed by atoms with van der Waals surface area (Å²) in [5.74, 6) is -0.881. The van der Waals surface area contributed by atoms with Gasteiger partial charge in [-0.05, 0) is 59.1 Å². The average Bonchev–Trinajstić information content (AvgIpc) is 2.37. The van der Waals surface area contributed by atoms with Crippen LogP contribution in [0.4, 0.5) is 5.82 Å². The topological polar surface area (TPSA) is 83.1 Å². The van der Waals surface area contributed by atoms with E-state index < -0.39 is 11.8 Å². The van der Waals surface area contributed by atoms with Crippen LogP contribution in [0.5, 0.6) is 0 Å². The molecular weight excluding hydrogens is 292 g/mol. The first kappa shape index (κ1) is 17.4. The lowest BCUT2D eigenvalue weighted by Gasteiger charge is -2.46. The van der Waals surface area contributed by atoms with Crippen molar-refractivity contribution in [3.63, 3.8) is 0 Å². The van der Waals surface area contributed by atoms with E-state index >= 15 is 0 Å². The highest BCUT2D eigenvalue weighted by atomic mass is 16.2. The van der Waals surface area contributed by atoms with Crippen molar-refractivity contribution in [2.45, 2.75) is 64.6 Å². The van der Waals surface area contributed by atoms with Gasteiger partial charge in [0.15, 0.2) is 0 Å². The summed E-state index contributed by atoms with van der Waals surface area (Å²) in [5, 5.41) is 8.96. The van der Waals surface area contributed by atoms with Crippen LogP contribution in [0.25, 0.3) is 0 Å². The Hall–Kier alpha value is -1.95. The molecule has 23 heavy (non-hydrogen) atoms. The van der Waals surface area contributed by atoms with E-state index in [9.17, 15) is 9.59 Å². The number of piperidine rings is 1. The van der Waals surface area contributed by atoms with Gasteiger partial charge in [-0.2, -0.15) is 0 Å². The molecule has 0 atom stereocenters. The molecule has 6 heteroatoms. The lowest BCUT2D eigenvalue weighted by atomic mass is 9.79. The lowest BCUT2D eigenvalue weighted by Crippen LogP contribution is -2.62. The molecule has 0 bridgehead atoms. The molecule has 0 aromatic carbocycles. The number of rotatable bonds is 2. The average molecular weight is 318 g/mol. The number of aromatic nitrogens is 1. The molecular formula is C17H26N4O2. The molecule has 1 aliphatic heterocycles. The number of carbonyl (C=O) groups is 2. The van der Waals surface area contributed by atoms with Crippen molar-refractivity contribution in [3.05, 3.63) is 23.9 Å². The fourth-order valence-electron chi connectivity index (χ4n) is 3.46. The van der Waals surface area contributed by atoms with Gasteiger partial charge in [0.2, 0.25) is 0 Å². The van der Waals surface area contributed by atoms with Gasteiger partial charge in [-0.15, -0.1) is 0 Å². The third-order valence-corrected chi connectivity index (χ3v) is 3.97. The van der Waals surface area contributed by atoms with E-state index in [-0.39, 0.29) is 17.1 Å². The van der Waals surface area contributed by atoms with Crippen molar-refractivity contribution in [2.75, 3.05) is 5.32 Å². The highest BCUT2D eigenvalue weighted by Crippen LogP contribution is 2.28. The summed E-state index contributed by atoms with van der Waals surface area (Å²) < 4.78 is 0. The number of nitrogens with one attached hydrogen (secondary N) is 3. The predicted octanol–water partition coefficient (Wildman–Crippen LogP) is 1.75. The molecule has 0 radical (unpaired) electrons. The SMILES string of the molecule is Cc1cccnc1NC(=O)C(=O)NC1CC(C)(C)NC(C)(C)C1. The smallest absolute Gasteiger partial charge is 0.314 e. The fourth-order valence-corrected chi connectivity index (χ4v) is 3.46. The van der Waals surface area contributed by atoms with Gasteiger partial charge in [-0.25, -0.2) is 4.98 Å². The van der Waals surface area contributed by atoms with E-state index in [4.69, 9.17) is 0 Å². The van der Waals surface area contributed by atoms with E-state index in [0.717, 1.165) is 18.4 Å². The van der Waals surface area contributed by atoms with Crippen LogP contribution in [0.15, 0.2) is 18.3 Å². The Morgan fingerprint density at radius 3 is 2.35 bits per heavy atom. The zero-order valence-electron chi connectivity index (χ0n) is 14.5. The van der Waals surface area contributed by atoms with Gasteiger partial charge in [0.05, 0.1) is 0 Å². The Kier molecular flexibility index (Phi) is 4.75. The second-order valence-electron chi connectivity index (χ2n) is 7.59. The van der Waals surface area contributed by atoms with Crippen LogP contribution >= 0.6 is 0 Å². The van der Waals surface area contributed by atoms with Gasteiger partial charge in [0.25, 0.3) is 0 Å². The monoisotopic (exact) mass is 318 g/mol. The molecule has 1 aromatic rings. The number of pyridine rings is 1. The molecule has 2 rings (SSSR count). The Morgan fingerprint density at radius 2 is 1.78 bits per heavy atom. The first-order valence-corrected chi connectivity index (χ1v) is 7.91. The molecule has 1 saturated heterocycles. The number of nitrogens with zero attached hydrogens (tertiary/aromatic N) is 1. The van der Waals surface area contributed by atoms with E-state index in [2.05, 4.69) is 48.6 Å². The van der Waals surface area contributed by atoms with Crippen molar-refractivity contribution in [1.82, 2.24) is 15.6 Å². The molecule has 6 nitrogen and oxygen atoms in total. The first-order valence-electron chi connectivity index (χ1n) is 7.91. The molecule has 3 N–H and O–H groups in total. The van der Waals surface area contributed by atoms with Crippen LogP contribution in [0.1, 0.15) is 46.1 Å². The molecule has 1 aromatic heterocycles. The second-order valence-corrected chi connectivity index (χ2v) is 7.59. The lowest BCUT2D eigenvalue weighted by molar-refractivity contribution is -0.137. The Labute approximate surface area is 137 Å². The van der Waals surface area contributed by atoms with Crippen LogP contribution in [0.2, 0.25) is 0 Å². The quantitative estimate of drug-likeness (QED) is 0.726. The van der Waals surface area contributed by atoms with Gasteiger partial charge in [-0.1, -0.05) is 6.07 Å². The molecule has 0 saturated carbocycles. The maximum atomic E-state index is 12.2. The second kappa shape index (κ2) is 6.28. The number of hydrogen-bond donors (Lipinski definition) is 3. The zero-order chi connectivity index (χ0) is 17.3. The van der Waals surface area contributed by atoms with Crippen LogP contribution < -0.4 is 16.0 Å². The highest BCUT2D eigenvalue weighted by Gasteiger charge is 2.38. The van der Waals surface area contributed by atoms with Gasteiger partial charge in [0.1, 0.15) is 5.82 Å². The van der Waals surface area contributed by atoms with Crippen molar-refractivity contribution < 1.29 is 9.59 Å². The summed E-state index contributed by atoms with van der Waals surface area (Å²) in [6, 6.07) is 3.58. The van der Waals surface area contributed by atoms with Crippen LogP contribution in [-0.2, 0) is 9.59 Å². The summed E-state index contributed by atoms with van der Waals surface area (Å²) in [6.07, 6.45) is 3.13. The number of aryl methyl sites for hydroxylation is 1. The van der Waals surface area contributed by atoms with Gasteiger partial charge in [-0.3, -0.25) is 9.59 Å². The van der Waals surface area contributed by atoms with Crippen LogP contribution in [0, 0.1) is 6.92 Å². The van der Waals surface area contributed by atoms with E-state index in [1.165, 1.54) is 0 Å². The van der Waals surface area contributed by atoms with Gasteiger partial charge in [0, 0.05) is 23.3 Å². The van der Waals surface area contributed by atoms with Crippen molar-refractivity contribution >= 4 is 17.6 Å². The van der Waals surface area contributed by atoms with Gasteiger partial charge < -0.3 is 16.0 Å². The Morgan fingerprint density at radius 1 is 1.17 bits per heavy atom. The number of hydrogen-bond acceptors (Lipinski definition) is 4. The van der Waals surface area contributed by atoms with Crippen LogP contribution in [0.3, 0.4) is 0 Å². The summed E-state index contributed by atoms with van der Waals surface area (Å²) in [6.45, 7) is 10.2. The Balaban J connectivity index is 1.98. The zero-order valence-corrected chi connectivity index (χ0v) is 14.5. The molecule has 1 aliphatic rings. The molecule has 2 amide bonds. The summed E-state index contributed by atoms with van der Waals surface area (Å²) >= 11 is 0. The minimum atomic E-state index is -0.680. The number of amides is 2. The normalized spacial score (nSPS) is 19.9. The van der Waals surface area contributed by atoms with Crippen molar-refractivity contribution in [1.29, 1.82) is 0 Å².